The predicted octanol–water partition coefficient (Wildman–Crippen LogP) is 7.51. The fourth-order valence-electron chi connectivity index (χ4n) is 11.1. The van der Waals surface area contributed by atoms with Crippen molar-refractivity contribution in [2.45, 2.75) is 187 Å². The number of alkyl carbamates (subject to hydrolysis) is 1. The molecule has 17 nitrogen and oxygen atoms in total. The lowest BCUT2D eigenvalue weighted by Crippen LogP contribution is -2.61. The number of cyclic esters (lactones) is 1. The Kier molecular flexibility index (Phi) is 23.6. The van der Waals surface area contributed by atoms with Crippen molar-refractivity contribution in [1.29, 1.82) is 0 Å². The lowest BCUT2D eigenvalue weighted by molar-refractivity contribution is -0.265. The van der Waals surface area contributed by atoms with E-state index < -0.39 is 102 Å². The first-order chi connectivity index (χ1) is 35.7. The molecule has 3 fully saturated rings. The SMILES string of the molecule is CO[C@H]1C[C@@H]2CC[C@@H](C)[C@@](O)(O2)C(=O)C(=O)N2CCCC[C@H]2C(=O)O[C@H]([C@H](C)CC2CC[C@H](OC(=O)NCc3cccnc3)[C@@H](OC)C2)CC(=O)[C@H](C)/C=C(\C)[C@@H](O)[C@@H](OC)C(=O)[C@H](C)C[C@H](C)\C=C/C=C/C=C/1C. The number of hydrogen-bond acceptors (Lipinski definition) is 15. The molecular weight excluding hydrogens is 963 g/mol. The molecule has 2 bridgehead atoms. The Morgan fingerprint density at radius 3 is 2.36 bits per heavy atom. The molecule has 1 aromatic rings. The number of fused-ring (bicyclic) bond motifs is 3. The number of piperidine rings is 1. The molecule has 1 saturated carbocycles. The molecule has 75 heavy (non-hydrogen) atoms. The second kappa shape index (κ2) is 29.0. The van der Waals surface area contributed by atoms with Crippen molar-refractivity contribution >= 4 is 35.3 Å². The topological polar surface area (TPSA) is 226 Å². The average molecular weight is 1050 g/mol. The Hall–Kier alpha value is -4.91. The van der Waals surface area contributed by atoms with E-state index in [9.17, 15) is 39.0 Å². The van der Waals surface area contributed by atoms with Crippen LogP contribution >= 0.6 is 0 Å². The average Bonchev–Trinajstić information content (AvgIpc) is 3.40. The van der Waals surface area contributed by atoms with Gasteiger partial charge in [0.2, 0.25) is 5.79 Å². The first-order valence-electron chi connectivity index (χ1n) is 27.0. The number of aliphatic hydroxyl groups excluding tert-OH is 1. The smallest absolute Gasteiger partial charge is 0.407 e. The summed E-state index contributed by atoms with van der Waals surface area (Å²) in [5, 5.41) is 26.3. The van der Waals surface area contributed by atoms with Gasteiger partial charge in [-0.1, -0.05) is 77.1 Å². The number of hydrogen-bond donors (Lipinski definition) is 3. The van der Waals surface area contributed by atoms with E-state index in [-0.39, 0.29) is 49.3 Å². The van der Waals surface area contributed by atoms with E-state index in [1.165, 1.54) is 12.0 Å². The van der Waals surface area contributed by atoms with Crippen LogP contribution in [0, 0.1) is 35.5 Å². The Bertz CT molecular complexity index is 2210. The molecule has 17 heteroatoms. The number of carbonyl (C=O) groups excluding carboxylic acids is 6. The van der Waals surface area contributed by atoms with E-state index in [0.717, 1.165) is 11.1 Å². The van der Waals surface area contributed by atoms with Gasteiger partial charge in [0, 0.05) is 77.4 Å². The molecule has 0 radical (unpaired) electrons. The van der Waals surface area contributed by atoms with Crippen LogP contribution in [0.15, 0.2) is 72.1 Å². The lowest BCUT2D eigenvalue weighted by Gasteiger charge is -2.42. The van der Waals surface area contributed by atoms with Gasteiger partial charge in [-0.05, 0) is 119 Å². The maximum absolute atomic E-state index is 14.6. The summed E-state index contributed by atoms with van der Waals surface area (Å²) in [6, 6.07) is 2.45. The number of pyridine rings is 1. The summed E-state index contributed by atoms with van der Waals surface area (Å²) in [4.78, 5) is 89.5. The Balaban J connectivity index is 1.42. The molecule has 2 saturated heterocycles. The van der Waals surface area contributed by atoms with Gasteiger partial charge in [0.25, 0.3) is 11.7 Å². The van der Waals surface area contributed by atoms with Crippen LogP contribution in [0.5, 0.6) is 0 Å². The van der Waals surface area contributed by atoms with Gasteiger partial charge in [-0.15, -0.1) is 0 Å². The van der Waals surface area contributed by atoms with Crippen LogP contribution in [0.25, 0.3) is 0 Å². The first kappa shape index (κ1) is 60.9. The number of esters is 1. The predicted molar refractivity (Wildman–Crippen MR) is 280 cm³/mol. The second-order valence-electron chi connectivity index (χ2n) is 21.7. The van der Waals surface area contributed by atoms with Gasteiger partial charge in [-0.3, -0.25) is 24.2 Å². The van der Waals surface area contributed by atoms with Crippen molar-refractivity contribution in [2.75, 3.05) is 27.9 Å². The molecule has 1 unspecified atom stereocenters. The van der Waals surface area contributed by atoms with Crippen LogP contribution in [0.2, 0.25) is 0 Å². The third-order valence-corrected chi connectivity index (χ3v) is 15.9. The first-order valence-corrected chi connectivity index (χ1v) is 27.0. The molecular formula is C58H85N3O14. The molecule has 0 aromatic carbocycles. The number of aromatic nitrogens is 1. The van der Waals surface area contributed by atoms with E-state index in [4.69, 9.17) is 28.4 Å². The molecule has 416 valence electrons. The maximum atomic E-state index is 14.6. The van der Waals surface area contributed by atoms with Gasteiger partial charge in [-0.25, -0.2) is 9.59 Å². The Morgan fingerprint density at radius 2 is 1.67 bits per heavy atom. The van der Waals surface area contributed by atoms with E-state index in [1.54, 1.807) is 59.5 Å². The summed E-state index contributed by atoms with van der Waals surface area (Å²) in [6.45, 7) is 12.9. The number of Topliss-reactive ketones (excluding diaryl/α,β-unsaturated/α-hetero) is 3. The summed E-state index contributed by atoms with van der Waals surface area (Å²) in [7, 11) is 4.51. The zero-order valence-electron chi connectivity index (χ0n) is 45.9. The third kappa shape index (κ3) is 16.8. The molecule has 3 N–H and O–H groups in total. The van der Waals surface area contributed by atoms with Crippen LogP contribution < -0.4 is 5.32 Å². The largest absolute Gasteiger partial charge is 0.460 e. The Labute approximate surface area is 444 Å². The van der Waals surface area contributed by atoms with Crippen molar-refractivity contribution in [2.24, 2.45) is 35.5 Å². The van der Waals surface area contributed by atoms with Crippen molar-refractivity contribution in [3.63, 3.8) is 0 Å². The quantitative estimate of drug-likeness (QED) is 0.124. The van der Waals surface area contributed by atoms with Gasteiger partial charge in [0.15, 0.2) is 5.78 Å². The summed E-state index contributed by atoms with van der Waals surface area (Å²) < 4.78 is 35.7. The van der Waals surface area contributed by atoms with Crippen LogP contribution in [0.3, 0.4) is 0 Å². The molecule has 4 aliphatic rings. The summed E-state index contributed by atoms with van der Waals surface area (Å²) in [5.74, 6) is -8.36. The minimum Gasteiger partial charge on any atom is -0.460 e. The van der Waals surface area contributed by atoms with Crippen molar-refractivity contribution in [3.05, 3.63) is 77.7 Å². The molecule has 2 amide bonds. The lowest BCUT2D eigenvalue weighted by atomic mass is 9.78. The highest BCUT2D eigenvalue weighted by Gasteiger charge is 2.53. The number of amides is 2. The standard InChI is InChI=1S/C58H85N3O14/c1-35-17-12-11-13-18-36(2)48(70-8)31-44-23-21-41(7)58(69,75-44)54(65)55(66)61-26-15-14-20-45(61)56(67)73-49(32-46(62)37(3)28-40(6)52(64)53(72-10)51(63)39(5)27-35)38(4)29-42-22-24-47(50(30-42)71-9)74-57(68)60-34-43-19-16-25-59-33-43/h11-13,16-19,25,28,33,35,37-39,41-42,44-45,47-50,52-53,64,69H,14-15,20-24,26-27,29-32,34H2,1-10H3,(H,60,68)/b13-11+,17-12-,36-18+,40-28+/t35-,37-,38-,39-,41-,42?,44+,45+,47+,48+,49+,50+,52-,53+,58-/m1/s1. The monoisotopic (exact) mass is 1050 g/mol. The molecule has 1 aliphatic carbocycles. The molecule has 1 aromatic heterocycles. The fourth-order valence-corrected chi connectivity index (χ4v) is 11.1. The van der Waals surface area contributed by atoms with Gasteiger partial charge in [0.1, 0.15) is 36.2 Å². The molecule has 5 rings (SSSR count). The Morgan fingerprint density at radius 1 is 0.907 bits per heavy atom. The van der Waals surface area contributed by atoms with Crippen molar-refractivity contribution in [3.8, 4) is 0 Å². The minimum atomic E-state index is -2.46. The van der Waals surface area contributed by atoms with E-state index >= 15 is 0 Å². The number of carbonyl (C=O) groups is 6. The number of ether oxygens (including phenoxy) is 6. The number of aliphatic hydroxyl groups is 2. The van der Waals surface area contributed by atoms with Crippen molar-refractivity contribution in [1.82, 2.24) is 15.2 Å². The van der Waals surface area contributed by atoms with Crippen LogP contribution in [-0.4, -0.2) is 138 Å². The van der Waals surface area contributed by atoms with Crippen LogP contribution in [0.1, 0.15) is 131 Å². The summed E-state index contributed by atoms with van der Waals surface area (Å²) in [5.41, 5.74) is 2.06. The number of nitrogens with one attached hydrogen (secondary N) is 1. The van der Waals surface area contributed by atoms with Gasteiger partial charge >= 0.3 is 12.1 Å². The summed E-state index contributed by atoms with van der Waals surface area (Å²) >= 11 is 0. The molecule has 15 atom stereocenters. The van der Waals surface area contributed by atoms with E-state index in [2.05, 4.69) is 10.3 Å². The number of methoxy groups -OCH3 is 3. The fraction of sp³-hybridized carbons (Fsp3) is 0.672. The van der Waals surface area contributed by atoms with Gasteiger partial charge < -0.3 is 48.9 Å². The highest BCUT2D eigenvalue weighted by atomic mass is 16.6. The number of allylic oxidation sites excluding steroid dienone is 6. The van der Waals surface area contributed by atoms with Crippen molar-refractivity contribution < 1.29 is 67.4 Å². The normalized spacial score (nSPS) is 36.4. The molecule has 3 aliphatic heterocycles. The highest BCUT2D eigenvalue weighted by molar-refractivity contribution is 6.39. The number of nitrogens with zero attached hydrogens (tertiary/aromatic N) is 2. The minimum absolute atomic E-state index is 0.00190. The number of rotatable bonds is 9. The van der Waals surface area contributed by atoms with E-state index in [0.29, 0.717) is 69.8 Å². The zero-order chi connectivity index (χ0) is 55.0. The maximum Gasteiger partial charge on any atom is 0.407 e. The number of ketones is 3. The van der Waals surface area contributed by atoms with Gasteiger partial charge in [-0.2, -0.15) is 0 Å². The highest BCUT2D eigenvalue weighted by Crippen LogP contribution is 2.38. The second-order valence-corrected chi connectivity index (χ2v) is 21.7. The zero-order valence-corrected chi connectivity index (χ0v) is 45.9. The molecule has 0 spiro atoms. The summed E-state index contributed by atoms with van der Waals surface area (Å²) in [6.07, 6.45) is 13.3. The van der Waals surface area contributed by atoms with E-state index in [1.807, 2.05) is 64.1 Å². The van der Waals surface area contributed by atoms with Gasteiger partial charge in [0.05, 0.1) is 18.3 Å². The third-order valence-electron chi connectivity index (χ3n) is 15.9. The van der Waals surface area contributed by atoms with Crippen LogP contribution in [0.4, 0.5) is 4.79 Å². The van der Waals surface area contributed by atoms with Crippen LogP contribution in [-0.2, 0) is 58.9 Å². The molecule has 4 heterocycles.